The van der Waals surface area contributed by atoms with Crippen LogP contribution in [0, 0.1) is 0 Å². The molecule has 9 heteroatoms. The van der Waals surface area contributed by atoms with Crippen LogP contribution in [-0.2, 0) is 32.1 Å². The average molecular weight is 455 g/mol. The van der Waals surface area contributed by atoms with E-state index in [-0.39, 0.29) is 11.1 Å². The van der Waals surface area contributed by atoms with Crippen LogP contribution >= 0.6 is 0 Å². The Morgan fingerprint density at radius 2 is 1.91 bits per heavy atom. The van der Waals surface area contributed by atoms with Crippen molar-refractivity contribution in [1.29, 1.82) is 0 Å². The van der Waals surface area contributed by atoms with E-state index in [0.717, 1.165) is 28.8 Å². The molecule has 2 rings (SSSR count). The van der Waals surface area contributed by atoms with Gasteiger partial charge in [-0.2, -0.15) is 0 Å². The fourth-order valence-corrected chi connectivity index (χ4v) is 4.52. The molecule has 0 bridgehead atoms. The summed E-state index contributed by atoms with van der Waals surface area (Å²) in [6, 6.07) is 7.07. The van der Waals surface area contributed by atoms with E-state index >= 15 is 0 Å². The summed E-state index contributed by atoms with van der Waals surface area (Å²) in [4.78, 5) is 20.7. The maximum absolute atomic E-state index is 11.9. The summed E-state index contributed by atoms with van der Waals surface area (Å²) in [6.45, 7) is 13.2. The van der Waals surface area contributed by atoms with Crippen molar-refractivity contribution < 1.29 is 18.7 Å². The molecule has 2 aromatic rings. The van der Waals surface area contributed by atoms with Crippen molar-refractivity contribution >= 4 is 27.6 Å². The van der Waals surface area contributed by atoms with E-state index in [0.29, 0.717) is 13.6 Å². The van der Waals surface area contributed by atoms with Crippen molar-refractivity contribution in [3.05, 3.63) is 41.9 Å². The Kier molecular flexibility index (Phi) is 8.48. The molecule has 0 aliphatic rings. The van der Waals surface area contributed by atoms with E-state index < -0.39 is 20.3 Å². The van der Waals surface area contributed by atoms with Gasteiger partial charge in [0.15, 0.2) is 8.32 Å². The van der Waals surface area contributed by atoms with Gasteiger partial charge in [0.05, 0.1) is 0 Å². The van der Waals surface area contributed by atoms with Crippen molar-refractivity contribution in [2.75, 3.05) is 7.11 Å². The number of imidazole rings is 1. The van der Waals surface area contributed by atoms with Gasteiger partial charge < -0.3 is 4.43 Å². The Morgan fingerprint density at radius 3 is 2.44 bits per heavy atom. The molecule has 1 aromatic heterocycles. The number of methoxy groups -OCH3 is 1. The minimum absolute atomic E-state index is 0.106. The van der Waals surface area contributed by atoms with Crippen LogP contribution in [0.3, 0.4) is 0 Å². The van der Waals surface area contributed by atoms with Gasteiger partial charge in [0.25, 0.3) is 0 Å². The number of carbonyl (C=O) groups is 1. The number of aliphatic imine (C=N–C) groups is 1. The Balaban J connectivity index is 2.19. The summed E-state index contributed by atoms with van der Waals surface area (Å²) in [7, 11) is 1.93. The topological polar surface area (TPSA) is 82.8 Å². The quantitative estimate of drug-likeness (QED) is 0.319. The molecular formula is C23H34BN3O4Si. The van der Waals surface area contributed by atoms with Gasteiger partial charge in [0, 0.05) is 0 Å². The number of hydrogen-bond donors (Lipinski definition) is 0. The number of aryl methyl sites for hydroxylation is 1. The molecule has 0 saturated carbocycles. The molecule has 0 radical (unpaired) electrons. The SMILES string of the molecule is COC(=O)C(Cc1ccc(-c2cn(C)c(C(C)O[Si](C)(C)C(C)(C)C)n2)cc1)N=CB=O. The second-order valence-corrected chi connectivity index (χ2v) is 14.2. The van der Waals surface area contributed by atoms with Gasteiger partial charge in [0.2, 0.25) is 0 Å². The predicted molar refractivity (Wildman–Crippen MR) is 130 cm³/mol. The average Bonchev–Trinajstić information content (AvgIpc) is 3.11. The molecule has 0 amide bonds. The zero-order valence-corrected chi connectivity index (χ0v) is 21.4. The molecule has 0 fully saturated rings. The number of aromatic nitrogens is 2. The molecule has 0 aliphatic carbocycles. The number of hydrogen-bond acceptors (Lipinski definition) is 6. The van der Waals surface area contributed by atoms with Gasteiger partial charge in [0.1, 0.15) is 0 Å². The van der Waals surface area contributed by atoms with E-state index in [9.17, 15) is 9.50 Å². The fourth-order valence-electron chi connectivity index (χ4n) is 3.18. The first-order valence-corrected chi connectivity index (χ1v) is 13.7. The summed E-state index contributed by atoms with van der Waals surface area (Å²) in [5, 5.41) is 0.128. The van der Waals surface area contributed by atoms with Crippen molar-refractivity contribution in [2.24, 2.45) is 12.0 Å². The van der Waals surface area contributed by atoms with Gasteiger partial charge in [-0.15, -0.1) is 0 Å². The second kappa shape index (κ2) is 10.5. The third-order valence-electron chi connectivity index (χ3n) is 6.03. The summed E-state index contributed by atoms with van der Waals surface area (Å²) in [5.41, 5.74) is 2.75. The van der Waals surface area contributed by atoms with Gasteiger partial charge in [-0.3, -0.25) is 0 Å². The molecule has 0 aliphatic heterocycles. The summed E-state index contributed by atoms with van der Waals surface area (Å²) < 4.78 is 23.9. The zero-order chi connectivity index (χ0) is 24.1. The molecule has 172 valence electrons. The van der Waals surface area contributed by atoms with Crippen LogP contribution in [0.5, 0.6) is 0 Å². The number of esters is 1. The standard InChI is InChI=1S/C23H34BN3O4Si/c1-16(31-32(7,8)23(2,3)4)21-26-20(14-27(21)5)18-11-9-17(10-12-18)13-19(22(28)30-6)25-15-24-29/h9-12,14-16,19H,13H2,1-8H3. The second-order valence-electron chi connectivity index (χ2n) is 9.49. The number of rotatable bonds is 9. The summed E-state index contributed by atoms with van der Waals surface area (Å²) in [5.74, 6) is 0.417. The molecule has 0 saturated heterocycles. The van der Waals surface area contributed by atoms with Gasteiger partial charge >= 0.3 is 134 Å². The summed E-state index contributed by atoms with van der Waals surface area (Å²) >= 11 is 0. The van der Waals surface area contributed by atoms with Crippen molar-refractivity contribution in [3.8, 4) is 11.3 Å². The number of benzene rings is 1. The van der Waals surface area contributed by atoms with Crippen molar-refractivity contribution in [2.45, 2.75) is 64.4 Å². The van der Waals surface area contributed by atoms with E-state index in [1.54, 1.807) is 0 Å². The number of carbonyl (C=O) groups excluding carboxylic acids is 1. The summed E-state index contributed by atoms with van der Waals surface area (Å²) in [6.07, 6.45) is 3.33. The first-order valence-electron chi connectivity index (χ1n) is 10.7. The molecule has 0 spiro atoms. The fraction of sp³-hybridized carbons (Fsp3) is 0.522. The number of ether oxygens (including phenoxy) is 1. The Labute approximate surface area is 192 Å². The van der Waals surface area contributed by atoms with E-state index in [1.165, 1.54) is 7.11 Å². The molecule has 32 heavy (non-hydrogen) atoms. The van der Waals surface area contributed by atoms with Crippen LogP contribution in [0.25, 0.3) is 11.3 Å². The maximum atomic E-state index is 11.9. The van der Waals surface area contributed by atoms with E-state index in [4.69, 9.17) is 14.1 Å². The molecule has 0 N–H and O–H groups in total. The molecule has 2 unspecified atom stereocenters. The molecule has 1 aromatic carbocycles. The number of nitrogens with zero attached hydrogens (tertiary/aromatic N) is 3. The Morgan fingerprint density at radius 1 is 1.28 bits per heavy atom. The Bertz CT molecular complexity index is 965. The van der Waals surface area contributed by atoms with Crippen LogP contribution < -0.4 is 0 Å². The van der Waals surface area contributed by atoms with Crippen molar-refractivity contribution in [1.82, 2.24) is 9.55 Å². The first kappa shape index (κ1) is 25.9. The molecular weight excluding hydrogens is 421 g/mol. The molecule has 1 heterocycles. The molecule has 7 nitrogen and oxygen atoms in total. The zero-order valence-electron chi connectivity index (χ0n) is 20.4. The van der Waals surface area contributed by atoms with E-state index in [2.05, 4.69) is 45.8 Å². The third kappa shape index (κ3) is 6.32. The van der Waals surface area contributed by atoms with Gasteiger partial charge in [-0.05, 0) is 25.1 Å². The Hall–Kier alpha value is -2.39. The predicted octanol–water partition coefficient (Wildman–Crippen LogP) is 4.33. The van der Waals surface area contributed by atoms with Crippen LogP contribution in [-0.4, -0.2) is 50.3 Å². The first-order chi connectivity index (χ1) is 14.9. The minimum atomic E-state index is -1.91. The van der Waals surface area contributed by atoms with Gasteiger partial charge in [-0.1, -0.05) is 20.8 Å². The van der Waals surface area contributed by atoms with Crippen LogP contribution in [0.15, 0.2) is 35.5 Å². The van der Waals surface area contributed by atoms with E-state index in [1.807, 2.05) is 42.1 Å². The normalized spacial score (nSPS) is 14.2. The van der Waals surface area contributed by atoms with Gasteiger partial charge in [-0.25, -0.2) is 0 Å². The van der Waals surface area contributed by atoms with Crippen molar-refractivity contribution in [3.63, 3.8) is 0 Å². The molecule has 2 atom stereocenters. The van der Waals surface area contributed by atoms with Crippen LogP contribution in [0.2, 0.25) is 18.1 Å². The van der Waals surface area contributed by atoms with Crippen LogP contribution in [0.1, 0.15) is 45.2 Å². The third-order valence-corrected chi connectivity index (χ3v) is 10.6. The van der Waals surface area contributed by atoms with Crippen LogP contribution in [0.4, 0.5) is 0 Å². The monoisotopic (exact) mass is 455 g/mol.